The van der Waals surface area contributed by atoms with Gasteiger partial charge in [-0.15, -0.1) is 0 Å². The summed E-state index contributed by atoms with van der Waals surface area (Å²) in [7, 11) is 9.01. The molecule has 0 amide bonds. The zero-order valence-electron chi connectivity index (χ0n) is 1.47. The third kappa shape index (κ3) is 11.1. The van der Waals surface area contributed by atoms with Gasteiger partial charge in [-0.3, -0.25) is 0 Å². The summed E-state index contributed by atoms with van der Waals surface area (Å²) in [6.07, 6.45) is 0. The van der Waals surface area contributed by atoms with Crippen molar-refractivity contribution in [1.29, 1.82) is 0 Å². The molecular formula is Cl2FRh. The number of hydrogen-bond donors (Lipinski definition) is 0. The molecule has 0 radical (unpaired) electrons. The minimum atomic E-state index is -2.63. The SMILES string of the molecule is [F][Rh]([Cl])[Cl]. The van der Waals surface area contributed by atoms with Gasteiger partial charge in [-0.05, 0) is 0 Å². The van der Waals surface area contributed by atoms with Crippen molar-refractivity contribution in [1.82, 2.24) is 0 Å². The number of rotatable bonds is 0. The van der Waals surface area contributed by atoms with Crippen LogP contribution in [-0.2, 0) is 14.5 Å². The molecule has 0 aromatic heterocycles. The predicted molar refractivity (Wildman–Crippen MR) is 12.8 cm³/mol. The maximum atomic E-state index is 10.7. The van der Waals surface area contributed by atoms with Crippen molar-refractivity contribution >= 4 is 19.4 Å². The molecule has 0 heterocycles. The van der Waals surface area contributed by atoms with Crippen LogP contribution in [0.25, 0.3) is 0 Å². The molecule has 0 bridgehead atoms. The molecule has 0 fully saturated rings. The molecule has 4 heavy (non-hydrogen) atoms. The zero-order chi connectivity index (χ0) is 3.58. The first-order chi connectivity index (χ1) is 1.73. The molecule has 0 N–H and O–H groups in total. The minimum absolute atomic E-state index is 2.63. The molecule has 0 rings (SSSR count). The second-order valence-electron chi connectivity index (χ2n) is 0.143. The average molecular weight is 193 g/mol. The Morgan fingerprint density at radius 3 is 1.50 bits per heavy atom. The van der Waals surface area contributed by atoms with E-state index in [0.29, 0.717) is 0 Å². The van der Waals surface area contributed by atoms with Crippen LogP contribution >= 0.6 is 19.4 Å². The van der Waals surface area contributed by atoms with Gasteiger partial charge in [-0.25, -0.2) is 0 Å². The van der Waals surface area contributed by atoms with E-state index in [1.54, 1.807) is 0 Å². The molecule has 0 unspecified atom stereocenters. The fourth-order valence-electron chi connectivity index (χ4n) is 0. The molecule has 0 aliphatic carbocycles. The molecular weight excluding hydrogens is 193 g/mol. The summed E-state index contributed by atoms with van der Waals surface area (Å²) in [6, 6.07) is 0. The Morgan fingerprint density at radius 2 is 1.50 bits per heavy atom. The van der Waals surface area contributed by atoms with E-state index in [1.807, 2.05) is 0 Å². The molecule has 0 nitrogen and oxygen atoms in total. The van der Waals surface area contributed by atoms with E-state index in [4.69, 9.17) is 0 Å². The standard InChI is InChI=1S/2ClH.FH.Rh/h3*1H;/q;;;+3/p-3. The van der Waals surface area contributed by atoms with Gasteiger partial charge in [0.05, 0.1) is 0 Å². The molecule has 0 aliphatic heterocycles. The summed E-state index contributed by atoms with van der Waals surface area (Å²) in [5, 5.41) is 0. The van der Waals surface area contributed by atoms with Crippen LogP contribution in [0.4, 0.5) is 3.32 Å². The van der Waals surface area contributed by atoms with E-state index in [1.165, 1.54) is 0 Å². The summed E-state index contributed by atoms with van der Waals surface area (Å²) >= 11 is -2.63. The van der Waals surface area contributed by atoms with Crippen molar-refractivity contribution in [2.75, 3.05) is 0 Å². The van der Waals surface area contributed by atoms with Crippen molar-refractivity contribution < 1.29 is 17.8 Å². The van der Waals surface area contributed by atoms with Gasteiger partial charge in [0.15, 0.2) is 0 Å². The summed E-state index contributed by atoms with van der Waals surface area (Å²) in [6.45, 7) is 0. The van der Waals surface area contributed by atoms with E-state index < -0.39 is 14.5 Å². The second-order valence-corrected chi connectivity index (χ2v) is 4.23. The Bertz CT molecular complexity index is 10.8. The van der Waals surface area contributed by atoms with Crippen molar-refractivity contribution in [3.05, 3.63) is 0 Å². The first-order valence-corrected chi connectivity index (χ1v) is 5.22. The van der Waals surface area contributed by atoms with E-state index in [-0.39, 0.29) is 0 Å². The van der Waals surface area contributed by atoms with Crippen LogP contribution in [-0.4, -0.2) is 0 Å². The monoisotopic (exact) mass is 192 g/mol. The van der Waals surface area contributed by atoms with Crippen LogP contribution in [0.2, 0.25) is 0 Å². The maximum absolute atomic E-state index is 10.7. The van der Waals surface area contributed by atoms with E-state index in [0.717, 1.165) is 0 Å². The van der Waals surface area contributed by atoms with Crippen LogP contribution in [0.3, 0.4) is 0 Å². The zero-order valence-corrected chi connectivity index (χ0v) is 4.62. The molecule has 4 heteroatoms. The van der Waals surface area contributed by atoms with Crippen molar-refractivity contribution in [2.24, 2.45) is 0 Å². The van der Waals surface area contributed by atoms with Gasteiger partial charge in [-0.2, -0.15) is 0 Å². The molecule has 0 saturated carbocycles. The molecule has 0 atom stereocenters. The Balaban J connectivity index is 2.32. The summed E-state index contributed by atoms with van der Waals surface area (Å²) in [4.78, 5) is 0. The van der Waals surface area contributed by atoms with Crippen LogP contribution < -0.4 is 0 Å². The van der Waals surface area contributed by atoms with Gasteiger partial charge in [-0.1, -0.05) is 0 Å². The summed E-state index contributed by atoms with van der Waals surface area (Å²) in [5.41, 5.74) is 0. The number of hydrogen-bond acceptors (Lipinski definition) is 0. The molecule has 0 aromatic carbocycles. The summed E-state index contributed by atoms with van der Waals surface area (Å²) < 4.78 is 10.7. The topological polar surface area (TPSA) is 0 Å². The molecule has 0 aliphatic rings. The third-order valence-corrected chi connectivity index (χ3v) is 0. The van der Waals surface area contributed by atoms with Gasteiger partial charge in [0.2, 0.25) is 0 Å². The predicted octanol–water partition coefficient (Wildman–Crippen LogP) is 1.80. The van der Waals surface area contributed by atoms with Gasteiger partial charge >= 0.3 is 37.2 Å². The quantitative estimate of drug-likeness (QED) is 0.514. The van der Waals surface area contributed by atoms with Gasteiger partial charge < -0.3 is 0 Å². The Kier molecular flexibility index (Phi) is 3.05. The van der Waals surface area contributed by atoms with Crippen molar-refractivity contribution in [3.63, 3.8) is 0 Å². The van der Waals surface area contributed by atoms with Gasteiger partial charge in [0.25, 0.3) is 0 Å². The average Bonchev–Trinajstić information content (AvgIpc) is 0.811. The fraction of sp³-hybridized carbons (Fsp3) is 0. The Morgan fingerprint density at radius 1 is 1.50 bits per heavy atom. The van der Waals surface area contributed by atoms with Gasteiger partial charge in [0.1, 0.15) is 0 Å². The van der Waals surface area contributed by atoms with E-state index in [9.17, 15) is 3.32 Å². The van der Waals surface area contributed by atoms with Gasteiger partial charge in [0, 0.05) is 0 Å². The Labute approximate surface area is 37.5 Å². The molecule has 0 saturated heterocycles. The molecule has 0 aromatic rings. The van der Waals surface area contributed by atoms with E-state index >= 15 is 0 Å². The fourth-order valence-corrected chi connectivity index (χ4v) is 0. The first kappa shape index (κ1) is 5.13. The first-order valence-electron chi connectivity index (χ1n) is 0.378. The van der Waals surface area contributed by atoms with Crippen LogP contribution in [0, 0.1) is 0 Å². The normalized spacial score (nSPS) is 11.2. The van der Waals surface area contributed by atoms with Crippen molar-refractivity contribution in [2.45, 2.75) is 0 Å². The molecule has 30 valence electrons. The third-order valence-electron chi connectivity index (χ3n) is 0. The van der Waals surface area contributed by atoms with Crippen LogP contribution in [0.15, 0.2) is 0 Å². The van der Waals surface area contributed by atoms with Crippen molar-refractivity contribution in [3.8, 4) is 0 Å². The molecule has 0 spiro atoms. The van der Waals surface area contributed by atoms with E-state index in [2.05, 4.69) is 19.4 Å². The Hall–Kier alpha value is 1.13. The second kappa shape index (κ2) is 2.38. The van der Waals surface area contributed by atoms with Crippen LogP contribution in [0.5, 0.6) is 0 Å². The summed E-state index contributed by atoms with van der Waals surface area (Å²) in [5.74, 6) is 0. The number of halogens is 3. The van der Waals surface area contributed by atoms with Crippen LogP contribution in [0.1, 0.15) is 0 Å².